The average molecular weight is 326 g/mol. The van der Waals surface area contributed by atoms with Crippen molar-refractivity contribution in [2.24, 2.45) is 5.73 Å². The van der Waals surface area contributed by atoms with Crippen LogP contribution in [0.4, 0.5) is 0 Å². The van der Waals surface area contributed by atoms with Gasteiger partial charge in [-0.1, -0.05) is 29.9 Å². The van der Waals surface area contributed by atoms with E-state index in [1.54, 1.807) is 6.07 Å². The van der Waals surface area contributed by atoms with Crippen LogP contribution in [0.5, 0.6) is 0 Å². The van der Waals surface area contributed by atoms with Gasteiger partial charge in [0.15, 0.2) is 0 Å². The minimum Gasteiger partial charge on any atom is -0.392 e. The molecule has 0 aromatic heterocycles. The fourth-order valence-electron chi connectivity index (χ4n) is 2.50. The highest BCUT2D eigenvalue weighted by molar-refractivity contribution is 7.80. The standard InChI is InChI=1S/C15H20ClN3OS/c1-10-12(4-3-5-13(10)16)15(20)19-8-6-18(7-9-19)11(2)14(17)21/h3-5,11H,6-9H2,1-2H3,(H2,17,21). The van der Waals surface area contributed by atoms with Crippen molar-refractivity contribution in [1.82, 2.24) is 9.80 Å². The second-order valence-electron chi connectivity index (χ2n) is 5.32. The molecule has 2 rings (SSSR count). The van der Waals surface area contributed by atoms with E-state index in [0.717, 1.165) is 18.7 Å². The van der Waals surface area contributed by atoms with E-state index in [1.807, 2.05) is 30.9 Å². The molecule has 0 saturated carbocycles. The topological polar surface area (TPSA) is 49.6 Å². The van der Waals surface area contributed by atoms with E-state index in [1.165, 1.54) is 0 Å². The molecule has 1 atom stereocenters. The number of thiocarbonyl (C=S) groups is 1. The van der Waals surface area contributed by atoms with E-state index in [0.29, 0.717) is 28.7 Å². The fourth-order valence-corrected chi connectivity index (χ4v) is 2.83. The normalized spacial score (nSPS) is 17.6. The Labute approximate surface area is 135 Å². The SMILES string of the molecule is Cc1c(Cl)cccc1C(=O)N1CCN(C(C)C(N)=S)CC1. The van der Waals surface area contributed by atoms with E-state index < -0.39 is 0 Å². The first-order valence-corrected chi connectivity index (χ1v) is 7.78. The summed E-state index contributed by atoms with van der Waals surface area (Å²) in [7, 11) is 0. The highest BCUT2D eigenvalue weighted by Crippen LogP contribution is 2.21. The summed E-state index contributed by atoms with van der Waals surface area (Å²) in [4.78, 5) is 17.1. The van der Waals surface area contributed by atoms with E-state index in [2.05, 4.69) is 4.90 Å². The van der Waals surface area contributed by atoms with Crippen molar-refractivity contribution in [2.75, 3.05) is 26.2 Å². The van der Waals surface area contributed by atoms with Crippen LogP contribution in [-0.2, 0) is 0 Å². The molecule has 21 heavy (non-hydrogen) atoms. The molecule has 1 aliphatic heterocycles. The molecule has 0 bridgehead atoms. The molecule has 0 aliphatic carbocycles. The summed E-state index contributed by atoms with van der Waals surface area (Å²) in [5, 5.41) is 0.626. The molecule has 0 radical (unpaired) electrons. The lowest BCUT2D eigenvalue weighted by Crippen LogP contribution is -2.54. The van der Waals surface area contributed by atoms with Gasteiger partial charge in [0.25, 0.3) is 5.91 Å². The molecule has 1 aromatic carbocycles. The van der Waals surface area contributed by atoms with Crippen molar-refractivity contribution < 1.29 is 4.79 Å². The van der Waals surface area contributed by atoms with Gasteiger partial charge in [0.2, 0.25) is 0 Å². The van der Waals surface area contributed by atoms with Crippen LogP contribution in [-0.4, -0.2) is 52.9 Å². The molecule has 1 heterocycles. The first kappa shape index (κ1) is 16.2. The Kier molecular flexibility index (Phi) is 5.19. The summed E-state index contributed by atoms with van der Waals surface area (Å²) in [5.41, 5.74) is 7.20. The third kappa shape index (κ3) is 3.54. The van der Waals surface area contributed by atoms with Crippen LogP contribution in [0.1, 0.15) is 22.8 Å². The van der Waals surface area contributed by atoms with Gasteiger partial charge in [-0.3, -0.25) is 9.69 Å². The van der Waals surface area contributed by atoms with Gasteiger partial charge in [-0.15, -0.1) is 0 Å². The maximum atomic E-state index is 12.6. The number of nitrogens with two attached hydrogens (primary N) is 1. The third-order valence-electron chi connectivity index (χ3n) is 4.06. The van der Waals surface area contributed by atoms with Gasteiger partial charge in [0, 0.05) is 36.8 Å². The lowest BCUT2D eigenvalue weighted by atomic mass is 10.1. The third-order valence-corrected chi connectivity index (χ3v) is 4.81. The van der Waals surface area contributed by atoms with Crippen LogP contribution in [0.3, 0.4) is 0 Å². The summed E-state index contributed by atoms with van der Waals surface area (Å²) >= 11 is 11.1. The number of amides is 1. The number of benzene rings is 1. The number of carbonyl (C=O) groups is 1. The van der Waals surface area contributed by atoms with Crippen LogP contribution in [0, 0.1) is 6.92 Å². The van der Waals surface area contributed by atoms with Gasteiger partial charge < -0.3 is 10.6 Å². The first-order valence-electron chi connectivity index (χ1n) is 6.99. The second kappa shape index (κ2) is 6.73. The van der Waals surface area contributed by atoms with Crippen LogP contribution in [0.15, 0.2) is 18.2 Å². The lowest BCUT2D eigenvalue weighted by Gasteiger charge is -2.37. The molecule has 1 fully saturated rings. The number of piperazine rings is 1. The quantitative estimate of drug-likeness (QED) is 0.864. The maximum Gasteiger partial charge on any atom is 0.254 e. The van der Waals surface area contributed by atoms with Crippen LogP contribution in [0.2, 0.25) is 5.02 Å². The molecular formula is C15H20ClN3OS. The zero-order valence-corrected chi connectivity index (χ0v) is 13.9. The number of nitrogens with zero attached hydrogens (tertiary/aromatic N) is 2. The molecule has 2 N–H and O–H groups in total. The van der Waals surface area contributed by atoms with Crippen LogP contribution >= 0.6 is 23.8 Å². The van der Waals surface area contributed by atoms with E-state index in [9.17, 15) is 4.79 Å². The molecule has 1 unspecified atom stereocenters. The van der Waals surface area contributed by atoms with Crippen LogP contribution < -0.4 is 5.73 Å². The summed E-state index contributed by atoms with van der Waals surface area (Å²) in [5.74, 6) is 0.0395. The summed E-state index contributed by atoms with van der Waals surface area (Å²) in [6, 6.07) is 5.52. The van der Waals surface area contributed by atoms with E-state index in [-0.39, 0.29) is 11.9 Å². The molecule has 4 nitrogen and oxygen atoms in total. The van der Waals surface area contributed by atoms with Gasteiger partial charge in [0.1, 0.15) is 0 Å². The van der Waals surface area contributed by atoms with Gasteiger partial charge in [-0.25, -0.2) is 0 Å². The minimum atomic E-state index is 0.0395. The Morgan fingerprint density at radius 2 is 1.95 bits per heavy atom. The van der Waals surface area contributed by atoms with Crippen molar-refractivity contribution >= 4 is 34.7 Å². The molecule has 1 aromatic rings. The Morgan fingerprint density at radius 1 is 1.33 bits per heavy atom. The summed E-state index contributed by atoms with van der Waals surface area (Å²) in [6.45, 7) is 6.80. The van der Waals surface area contributed by atoms with E-state index in [4.69, 9.17) is 29.6 Å². The molecule has 1 amide bonds. The number of carbonyl (C=O) groups excluding carboxylic acids is 1. The zero-order chi connectivity index (χ0) is 15.6. The summed E-state index contributed by atoms with van der Waals surface area (Å²) in [6.07, 6.45) is 0. The van der Waals surface area contributed by atoms with Crippen molar-refractivity contribution in [3.8, 4) is 0 Å². The fraction of sp³-hybridized carbons (Fsp3) is 0.467. The minimum absolute atomic E-state index is 0.0395. The predicted octanol–water partition coefficient (Wildman–Crippen LogP) is 2.08. The number of halogens is 1. The van der Waals surface area contributed by atoms with Crippen molar-refractivity contribution in [3.05, 3.63) is 34.3 Å². The molecular weight excluding hydrogens is 306 g/mol. The molecule has 6 heteroatoms. The second-order valence-corrected chi connectivity index (χ2v) is 6.20. The Hall–Kier alpha value is -1.17. The highest BCUT2D eigenvalue weighted by atomic mass is 35.5. The zero-order valence-electron chi connectivity index (χ0n) is 12.3. The predicted molar refractivity (Wildman–Crippen MR) is 89.9 cm³/mol. The molecule has 114 valence electrons. The van der Waals surface area contributed by atoms with Crippen molar-refractivity contribution in [2.45, 2.75) is 19.9 Å². The maximum absolute atomic E-state index is 12.6. The average Bonchev–Trinajstić information content (AvgIpc) is 2.48. The van der Waals surface area contributed by atoms with Gasteiger partial charge in [-0.2, -0.15) is 0 Å². The Balaban J connectivity index is 2.04. The Bertz CT molecular complexity index is 556. The van der Waals surface area contributed by atoms with Gasteiger partial charge in [-0.05, 0) is 31.5 Å². The summed E-state index contributed by atoms with van der Waals surface area (Å²) < 4.78 is 0. The van der Waals surface area contributed by atoms with Crippen LogP contribution in [0.25, 0.3) is 0 Å². The lowest BCUT2D eigenvalue weighted by molar-refractivity contribution is 0.0621. The number of hydrogen-bond donors (Lipinski definition) is 1. The number of hydrogen-bond acceptors (Lipinski definition) is 3. The molecule has 1 saturated heterocycles. The van der Waals surface area contributed by atoms with Gasteiger partial charge in [0.05, 0.1) is 11.0 Å². The smallest absolute Gasteiger partial charge is 0.254 e. The Morgan fingerprint density at radius 3 is 2.52 bits per heavy atom. The first-order chi connectivity index (χ1) is 9.91. The molecule has 0 spiro atoms. The monoisotopic (exact) mass is 325 g/mol. The molecule has 1 aliphatic rings. The highest BCUT2D eigenvalue weighted by Gasteiger charge is 2.26. The van der Waals surface area contributed by atoms with Gasteiger partial charge >= 0.3 is 0 Å². The van der Waals surface area contributed by atoms with Crippen molar-refractivity contribution in [3.63, 3.8) is 0 Å². The van der Waals surface area contributed by atoms with E-state index >= 15 is 0 Å². The number of rotatable bonds is 3. The largest absolute Gasteiger partial charge is 0.392 e. The van der Waals surface area contributed by atoms with Crippen molar-refractivity contribution in [1.29, 1.82) is 0 Å².